The fraction of sp³-hybridized carbons (Fsp3) is 0.160. The molecular formula is C25H25N3O6S. The van der Waals surface area contributed by atoms with E-state index in [2.05, 4.69) is 10.6 Å². The highest BCUT2D eigenvalue weighted by atomic mass is 32.2. The number of ether oxygens (including phenoxy) is 1. The molecule has 0 unspecified atom stereocenters. The zero-order chi connectivity index (χ0) is 25.6. The lowest BCUT2D eigenvalue weighted by Gasteiger charge is -2.20. The molecule has 0 radical (unpaired) electrons. The van der Waals surface area contributed by atoms with E-state index >= 15 is 0 Å². The van der Waals surface area contributed by atoms with Gasteiger partial charge < -0.3 is 10.1 Å². The van der Waals surface area contributed by atoms with Crippen LogP contribution in [0.25, 0.3) is 0 Å². The highest BCUT2D eigenvalue weighted by molar-refractivity contribution is 7.92. The van der Waals surface area contributed by atoms with Crippen molar-refractivity contribution in [3.8, 4) is 0 Å². The summed E-state index contributed by atoms with van der Waals surface area (Å²) in [4.78, 5) is 36.6. The number of carbonyl (C=O) groups is 3. The van der Waals surface area contributed by atoms with E-state index in [0.717, 1.165) is 15.4 Å². The number of para-hydroxylation sites is 1. The van der Waals surface area contributed by atoms with Crippen molar-refractivity contribution in [1.82, 2.24) is 5.32 Å². The van der Waals surface area contributed by atoms with Crippen molar-refractivity contribution in [2.75, 3.05) is 23.3 Å². The third-order valence-electron chi connectivity index (χ3n) is 5.31. The summed E-state index contributed by atoms with van der Waals surface area (Å²) in [5.74, 6) is -1.89. The van der Waals surface area contributed by atoms with Crippen molar-refractivity contribution in [1.29, 1.82) is 0 Å². The van der Waals surface area contributed by atoms with Gasteiger partial charge in [0.05, 0.1) is 11.3 Å². The van der Waals surface area contributed by atoms with Gasteiger partial charge in [-0.15, -0.1) is 0 Å². The number of benzene rings is 3. The van der Waals surface area contributed by atoms with E-state index in [-0.39, 0.29) is 10.5 Å². The summed E-state index contributed by atoms with van der Waals surface area (Å²) in [6, 6.07) is 18.5. The number of esters is 1. The van der Waals surface area contributed by atoms with Crippen molar-refractivity contribution < 1.29 is 27.5 Å². The standard InChI is InChI=1S/C25H25N3O6S/c1-17-10-9-14-21(18(17)2)26-25(31)27-23(29)16-34-24(30)20-13-7-8-15-22(20)35(32,33)28(3)19-11-5-4-6-12-19/h4-15H,16H2,1-3H3,(H2,26,27,29,31). The molecule has 182 valence electrons. The number of aryl methyl sites for hydroxylation is 1. The number of hydrogen-bond donors (Lipinski definition) is 2. The molecule has 0 bridgehead atoms. The Morgan fingerprint density at radius 1 is 0.886 bits per heavy atom. The fourth-order valence-corrected chi connectivity index (χ4v) is 4.57. The summed E-state index contributed by atoms with van der Waals surface area (Å²) < 4.78 is 32.3. The molecule has 0 aliphatic carbocycles. The summed E-state index contributed by atoms with van der Waals surface area (Å²) in [5.41, 5.74) is 2.52. The van der Waals surface area contributed by atoms with E-state index in [0.29, 0.717) is 11.4 Å². The maximum Gasteiger partial charge on any atom is 0.340 e. The Kier molecular flexibility index (Phi) is 7.87. The number of anilines is 2. The number of hydrogen-bond acceptors (Lipinski definition) is 6. The van der Waals surface area contributed by atoms with Crippen LogP contribution in [0.3, 0.4) is 0 Å². The molecule has 3 rings (SSSR count). The lowest BCUT2D eigenvalue weighted by molar-refractivity contribution is -0.123. The van der Waals surface area contributed by atoms with Gasteiger partial charge in [0.1, 0.15) is 4.90 Å². The second-order valence-corrected chi connectivity index (χ2v) is 9.57. The Morgan fingerprint density at radius 2 is 1.54 bits per heavy atom. The second-order valence-electron chi connectivity index (χ2n) is 7.63. The Morgan fingerprint density at radius 3 is 2.26 bits per heavy atom. The number of imide groups is 1. The van der Waals surface area contributed by atoms with Crippen LogP contribution < -0.4 is 14.9 Å². The maximum atomic E-state index is 13.2. The number of amides is 3. The Balaban J connectivity index is 1.66. The minimum atomic E-state index is -4.10. The third-order valence-corrected chi connectivity index (χ3v) is 7.15. The summed E-state index contributed by atoms with van der Waals surface area (Å²) in [7, 11) is -2.73. The smallest absolute Gasteiger partial charge is 0.340 e. The normalized spacial score (nSPS) is 10.8. The zero-order valence-electron chi connectivity index (χ0n) is 19.4. The molecule has 3 amide bonds. The highest BCUT2D eigenvalue weighted by Crippen LogP contribution is 2.25. The quantitative estimate of drug-likeness (QED) is 0.483. The van der Waals surface area contributed by atoms with E-state index in [1.54, 1.807) is 42.5 Å². The molecule has 10 heteroatoms. The van der Waals surface area contributed by atoms with E-state index in [4.69, 9.17) is 4.74 Å². The van der Waals surface area contributed by atoms with Crippen LogP contribution in [-0.2, 0) is 19.6 Å². The fourth-order valence-electron chi connectivity index (χ4n) is 3.20. The van der Waals surface area contributed by atoms with Gasteiger partial charge in [0.25, 0.3) is 15.9 Å². The molecule has 0 aliphatic rings. The number of urea groups is 1. The molecule has 2 N–H and O–H groups in total. The zero-order valence-corrected chi connectivity index (χ0v) is 20.3. The van der Waals surface area contributed by atoms with E-state index in [1.807, 2.05) is 19.9 Å². The van der Waals surface area contributed by atoms with Gasteiger partial charge in [-0.05, 0) is 55.3 Å². The summed E-state index contributed by atoms with van der Waals surface area (Å²) in [6.45, 7) is 2.94. The monoisotopic (exact) mass is 495 g/mol. The number of carbonyl (C=O) groups excluding carboxylic acids is 3. The van der Waals surface area contributed by atoms with Crippen molar-refractivity contribution in [3.63, 3.8) is 0 Å². The molecule has 3 aromatic rings. The largest absolute Gasteiger partial charge is 0.452 e. The van der Waals surface area contributed by atoms with Crippen LogP contribution >= 0.6 is 0 Å². The van der Waals surface area contributed by atoms with Crippen LogP contribution in [0.1, 0.15) is 21.5 Å². The van der Waals surface area contributed by atoms with Gasteiger partial charge in [-0.3, -0.25) is 14.4 Å². The average Bonchev–Trinajstić information content (AvgIpc) is 2.85. The summed E-state index contributed by atoms with van der Waals surface area (Å²) in [5, 5.41) is 4.64. The van der Waals surface area contributed by atoms with Crippen LogP contribution in [0.5, 0.6) is 0 Å². The predicted octanol–water partition coefficient (Wildman–Crippen LogP) is 3.63. The van der Waals surface area contributed by atoms with Crippen LogP contribution in [-0.4, -0.2) is 40.0 Å². The molecule has 0 atom stereocenters. The first-order valence-corrected chi connectivity index (χ1v) is 12.0. The Bertz CT molecular complexity index is 1360. The summed E-state index contributed by atoms with van der Waals surface area (Å²) >= 11 is 0. The van der Waals surface area contributed by atoms with Gasteiger partial charge in [-0.1, -0.05) is 42.5 Å². The maximum absolute atomic E-state index is 13.2. The number of rotatable bonds is 7. The molecular weight excluding hydrogens is 470 g/mol. The van der Waals surface area contributed by atoms with Gasteiger partial charge in [0, 0.05) is 12.7 Å². The van der Waals surface area contributed by atoms with Gasteiger partial charge in [0.2, 0.25) is 0 Å². The van der Waals surface area contributed by atoms with Crippen molar-refractivity contribution in [2.24, 2.45) is 0 Å². The summed E-state index contributed by atoms with van der Waals surface area (Å²) in [6.07, 6.45) is 0. The van der Waals surface area contributed by atoms with Crippen LogP contribution in [0.4, 0.5) is 16.2 Å². The minimum Gasteiger partial charge on any atom is -0.452 e. The van der Waals surface area contributed by atoms with Crippen molar-refractivity contribution in [2.45, 2.75) is 18.7 Å². The van der Waals surface area contributed by atoms with Crippen LogP contribution in [0, 0.1) is 13.8 Å². The van der Waals surface area contributed by atoms with Gasteiger partial charge >= 0.3 is 12.0 Å². The Hall–Kier alpha value is -4.18. The lowest BCUT2D eigenvalue weighted by Crippen LogP contribution is -2.37. The van der Waals surface area contributed by atoms with Crippen molar-refractivity contribution >= 4 is 39.3 Å². The van der Waals surface area contributed by atoms with E-state index < -0.39 is 34.5 Å². The highest BCUT2D eigenvalue weighted by Gasteiger charge is 2.27. The molecule has 0 fully saturated rings. The van der Waals surface area contributed by atoms with E-state index in [9.17, 15) is 22.8 Å². The van der Waals surface area contributed by atoms with Gasteiger partial charge in [0.15, 0.2) is 6.61 Å². The lowest BCUT2D eigenvalue weighted by atomic mass is 10.1. The first kappa shape index (κ1) is 25.4. The molecule has 9 nitrogen and oxygen atoms in total. The number of nitrogens with zero attached hydrogens (tertiary/aromatic N) is 1. The van der Waals surface area contributed by atoms with E-state index in [1.165, 1.54) is 31.3 Å². The minimum absolute atomic E-state index is 0.233. The SMILES string of the molecule is Cc1cccc(NC(=O)NC(=O)COC(=O)c2ccccc2S(=O)(=O)N(C)c2ccccc2)c1C. The molecule has 35 heavy (non-hydrogen) atoms. The Labute approximate surface area is 203 Å². The third kappa shape index (κ3) is 6.04. The molecule has 0 saturated heterocycles. The second kappa shape index (κ2) is 10.8. The first-order valence-electron chi connectivity index (χ1n) is 10.6. The number of sulfonamides is 1. The molecule has 0 aliphatic heterocycles. The molecule has 0 saturated carbocycles. The molecule has 0 heterocycles. The van der Waals surface area contributed by atoms with Gasteiger partial charge in [-0.25, -0.2) is 18.0 Å². The van der Waals surface area contributed by atoms with Crippen LogP contribution in [0.15, 0.2) is 77.7 Å². The predicted molar refractivity (Wildman–Crippen MR) is 132 cm³/mol. The van der Waals surface area contributed by atoms with Gasteiger partial charge in [-0.2, -0.15) is 0 Å². The molecule has 3 aromatic carbocycles. The molecule has 0 aromatic heterocycles. The topological polar surface area (TPSA) is 122 Å². The average molecular weight is 496 g/mol. The van der Waals surface area contributed by atoms with Crippen molar-refractivity contribution in [3.05, 3.63) is 89.5 Å². The van der Waals surface area contributed by atoms with Crippen LogP contribution in [0.2, 0.25) is 0 Å². The first-order chi connectivity index (χ1) is 16.6. The number of nitrogens with one attached hydrogen (secondary N) is 2. The molecule has 0 spiro atoms.